The maximum Gasteiger partial charge on any atom is 0.422 e. The molecule has 1 spiro atoms. The van der Waals surface area contributed by atoms with E-state index in [1.54, 1.807) is 37.4 Å². The summed E-state index contributed by atoms with van der Waals surface area (Å²) in [6.07, 6.45) is 3.13. The Morgan fingerprint density at radius 2 is 2.03 bits per heavy atom. The number of benzene rings is 1. The van der Waals surface area contributed by atoms with Crippen LogP contribution in [0.3, 0.4) is 0 Å². The molecule has 5 nitrogen and oxygen atoms in total. The van der Waals surface area contributed by atoms with Crippen molar-refractivity contribution in [2.45, 2.75) is 51.1 Å². The second-order valence-electron chi connectivity index (χ2n) is 8.93. The first-order chi connectivity index (χ1) is 16.2. The zero-order chi connectivity index (χ0) is 24.3. The molecule has 0 aliphatic heterocycles. The van der Waals surface area contributed by atoms with Gasteiger partial charge in [-0.15, -0.1) is 0 Å². The largest absolute Gasteiger partial charge is 0.468 e. The SMILES string of the molecule is CO/N=C1\CCCC[C@]12C[C@@H]2CCC(=O)c1cnc(OCC(F)(F)F)c(-c2ccc(Cl)cc2)c1. The van der Waals surface area contributed by atoms with Gasteiger partial charge >= 0.3 is 6.18 Å². The van der Waals surface area contributed by atoms with E-state index in [0.29, 0.717) is 34.1 Å². The summed E-state index contributed by atoms with van der Waals surface area (Å²) >= 11 is 5.94. The van der Waals surface area contributed by atoms with Gasteiger partial charge in [-0.2, -0.15) is 13.2 Å². The molecule has 0 unspecified atom stereocenters. The topological polar surface area (TPSA) is 60.8 Å². The molecule has 1 heterocycles. The molecule has 182 valence electrons. The Morgan fingerprint density at radius 3 is 2.74 bits per heavy atom. The highest BCUT2D eigenvalue weighted by Crippen LogP contribution is 2.61. The highest BCUT2D eigenvalue weighted by atomic mass is 35.5. The maximum absolute atomic E-state index is 13.0. The molecule has 1 aromatic heterocycles. The van der Waals surface area contributed by atoms with Crippen molar-refractivity contribution < 1.29 is 27.5 Å². The minimum atomic E-state index is -4.50. The number of Topliss-reactive ketones (excluding diaryl/α,β-unsaturated/α-hetero) is 1. The molecule has 2 saturated carbocycles. The summed E-state index contributed by atoms with van der Waals surface area (Å²) in [5.74, 6) is 0.108. The number of carbonyl (C=O) groups is 1. The van der Waals surface area contributed by atoms with E-state index in [1.165, 1.54) is 6.20 Å². The Balaban J connectivity index is 1.49. The van der Waals surface area contributed by atoms with Gasteiger partial charge in [-0.1, -0.05) is 35.3 Å². The van der Waals surface area contributed by atoms with Crippen LogP contribution >= 0.6 is 11.6 Å². The van der Waals surface area contributed by atoms with Gasteiger partial charge < -0.3 is 9.57 Å². The summed E-state index contributed by atoms with van der Waals surface area (Å²) < 4.78 is 43.0. The van der Waals surface area contributed by atoms with Crippen LogP contribution in [-0.4, -0.2) is 36.4 Å². The molecule has 0 amide bonds. The summed E-state index contributed by atoms with van der Waals surface area (Å²) in [7, 11) is 1.56. The van der Waals surface area contributed by atoms with Crippen LogP contribution < -0.4 is 4.74 Å². The van der Waals surface area contributed by atoms with Crippen LogP contribution in [0.5, 0.6) is 5.88 Å². The number of nitrogens with zero attached hydrogens (tertiary/aromatic N) is 2. The molecule has 0 bridgehead atoms. The Kier molecular flexibility index (Phi) is 7.17. The molecule has 9 heteroatoms. The Labute approximate surface area is 201 Å². The first-order valence-electron chi connectivity index (χ1n) is 11.3. The summed E-state index contributed by atoms with van der Waals surface area (Å²) in [6.45, 7) is -1.47. The van der Waals surface area contributed by atoms with Crippen molar-refractivity contribution in [1.82, 2.24) is 4.98 Å². The summed E-state index contributed by atoms with van der Waals surface area (Å²) in [5, 5.41) is 4.73. The van der Waals surface area contributed by atoms with E-state index in [9.17, 15) is 18.0 Å². The van der Waals surface area contributed by atoms with Gasteiger partial charge in [0.05, 0.1) is 5.71 Å². The van der Waals surface area contributed by atoms with E-state index in [-0.39, 0.29) is 17.1 Å². The van der Waals surface area contributed by atoms with Gasteiger partial charge in [0.2, 0.25) is 5.88 Å². The molecule has 0 N–H and O–H groups in total. The molecule has 2 atom stereocenters. The highest BCUT2D eigenvalue weighted by molar-refractivity contribution is 6.30. The predicted octanol–water partition coefficient (Wildman–Crippen LogP) is 6.89. The Bertz CT molecular complexity index is 1070. The van der Waals surface area contributed by atoms with Crippen LogP contribution in [0.15, 0.2) is 41.7 Å². The minimum Gasteiger partial charge on any atom is -0.468 e. The van der Waals surface area contributed by atoms with Crippen molar-refractivity contribution in [3.8, 4) is 17.0 Å². The third-order valence-electron chi connectivity index (χ3n) is 6.72. The predicted molar refractivity (Wildman–Crippen MR) is 123 cm³/mol. The lowest BCUT2D eigenvalue weighted by Gasteiger charge is -2.24. The molecular weight excluding hydrogens is 469 g/mol. The molecule has 2 aromatic rings. The quantitative estimate of drug-likeness (QED) is 0.296. The van der Waals surface area contributed by atoms with Crippen LogP contribution in [-0.2, 0) is 4.84 Å². The number of oxime groups is 1. The first kappa shape index (κ1) is 24.5. The second kappa shape index (κ2) is 9.94. The van der Waals surface area contributed by atoms with Gasteiger partial charge in [-0.3, -0.25) is 4.79 Å². The lowest BCUT2D eigenvalue weighted by Crippen LogP contribution is -2.23. The van der Waals surface area contributed by atoms with Gasteiger partial charge in [0, 0.05) is 34.2 Å². The van der Waals surface area contributed by atoms with E-state index in [1.807, 2.05) is 0 Å². The number of pyridine rings is 1. The number of carbonyl (C=O) groups excluding carboxylic acids is 1. The number of ether oxygens (including phenoxy) is 1. The van der Waals surface area contributed by atoms with Crippen LogP contribution in [0.25, 0.3) is 11.1 Å². The number of rotatable bonds is 8. The number of halogens is 4. The van der Waals surface area contributed by atoms with Gasteiger partial charge in [0.15, 0.2) is 12.4 Å². The van der Waals surface area contributed by atoms with Crippen LogP contribution in [0.4, 0.5) is 13.2 Å². The minimum absolute atomic E-state index is 0.0660. The fourth-order valence-corrected chi connectivity index (χ4v) is 5.07. The van der Waals surface area contributed by atoms with Crippen LogP contribution in [0, 0.1) is 11.3 Å². The number of alkyl halides is 3. The van der Waals surface area contributed by atoms with Crippen molar-refractivity contribution in [3.05, 3.63) is 47.1 Å². The molecule has 0 radical (unpaired) electrons. The fraction of sp³-hybridized carbons (Fsp3) is 0.480. The van der Waals surface area contributed by atoms with E-state index in [4.69, 9.17) is 21.2 Å². The van der Waals surface area contributed by atoms with E-state index in [0.717, 1.165) is 44.2 Å². The second-order valence-corrected chi connectivity index (χ2v) is 9.37. The molecule has 2 fully saturated rings. The smallest absolute Gasteiger partial charge is 0.422 e. The molecular formula is C25H26ClF3N2O3. The monoisotopic (exact) mass is 494 g/mol. The van der Waals surface area contributed by atoms with Crippen molar-refractivity contribution in [1.29, 1.82) is 0 Å². The normalized spacial score (nSPS) is 23.2. The third kappa shape index (κ3) is 5.54. The van der Waals surface area contributed by atoms with Crippen molar-refractivity contribution >= 4 is 23.1 Å². The zero-order valence-electron chi connectivity index (χ0n) is 18.8. The lowest BCUT2D eigenvalue weighted by molar-refractivity contribution is -0.154. The molecule has 1 aromatic carbocycles. The average Bonchev–Trinajstić information content (AvgIpc) is 3.50. The Hall–Kier alpha value is -2.61. The average molecular weight is 495 g/mol. The molecule has 2 aliphatic rings. The van der Waals surface area contributed by atoms with E-state index < -0.39 is 12.8 Å². The highest BCUT2D eigenvalue weighted by Gasteiger charge is 2.57. The van der Waals surface area contributed by atoms with E-state index in [2.05, 4.69) is 10.1 Å². The lowest BCUT2D eigenvalue weighted by atomic mass is 9.81. The van der Waals surface area contributed by atoms with Gasteiger partial charge in [-0.05, 0) is 61.8 Å². The molecule has 34 heavy (non-hydrogen) atoms. The van der Waals surface area contributed by atoms with Gasteiger partial charge in [0.1, 0.15) is 7.11 Å². The van der Waals surface area contributed by atoms with Gasteiger partial charge in [-0.25, -0.2) is 4.98 Å². The number of ketones is 1. The number of hydrogen-bond donors (Lipinski definition) is 0. The third-order valence-corrected chi connectivity index (χ3v) is 6.97. The van der Waals surface area contributed by atoms with E-state index >= 15 is 0 Å². The number of aromatic nitrogens is 1. The summed E-state index contributed by atoms with van der Waals surface area (Å²) in [6, 6.07) is 8.10. The van der Waals surface area contributed by atoms with Crippen LogP contribution in [0.1, 0.15) is 55.3 Å². The first-order valence-corrected chi connectivity index (χ1v) is 11.7. The van der Waals surface area contributed by atoms with Crippen molar-refractivity contribution in [2.24, 2.45) is 16.5 Å². The standard InChI is InChI=1S/C25H26ClF3N2O3/c1-33-31-22-4-2-3-11-24(22)13-18(24)7-10-21(32)17-12-20(16-5-8-19(26)9-6-16)23(30-14-17)34-15-25(27,28)29/h5-6,8-9,12,14,18H,2-4,7,10-11,13,15H2,1H3/b31-22+/t18-,24+/m0/s1. The van der Waals surface area contributed by atoms with Gasteiger partial charge in [0.25, 0.3) is 0 Å². The molecule has 2 aliphatic carbocycles. The molecule has 0 saturated heterocycles. The van der Waals surface area contributed by atoms with Crippen molar-refractivity contribution in [3.63, 3.8) is 0 Å². The zero-order valence-corrected chi connectivity index (χ0v) is 19.6. The summed E-state index contributed by atoms with van der Waals surface area (Å²) in [5.41, 5.74) is 2.39. The maximum atomic E-state index is 13.0. The molecule has 4 rings (SSSR count). The van der Waals surface area contributed by atoms with Crippen molar-refractivity contribution in [2.75, 3.05) is 13.7 Å². The Morgan fingerprint density at radius 1 is 1.26 bits per heavy atom. The number of hydrogen-bond acceptors (Lipinski definition) is 5. The van der Waals surface area contributed by atoms with Crippen LogP contribution in [0.2, 0.25) is 5.02 Å². The fourth-order valence-electron chi connectivity index (χ4n) is 4.95. The summed E-state index contributed by atoms with van der Waals surface area (Å²) in [4.78, 5) is 22.1.